The molecule has 0 atom stereocenters. The van der Waals surface area contributed by atoms with Crippen molar-refractivity contribution in [1.82, 2.24) is 5.32 Å². The van der Waals surface area contributed by atoms with Crippen molar-refractivity contribution in [2.75, 3.05) is 20.8 Å². The van der Waals surface area contributed by atoms with E-state index in [1.54, 1.807) is 14.2 Å². The lowest BCUT2D eigenvalue weighted by atomic mass is 9.87. The second-order valence-electron chi connectivity index (χ2n) is 6.11. The molecule has 0 unspecified atom stereocenters. The maximum Gasteiger partial charge on any atom is 0.188 e. The lowest BCUT2D eigenvalue weighted by molar-refractivity contribution is 0.339. The van der Waals surface area contributed by atoms with E-state index in [9.17, 15) is 0 Å². The van der Waals surface area contributed by atoms with Crippen LogP contribution in [0.5, 0.6) is 11.5 Å². The molecule has 136 valence electrons. The summed E-state index contributed by atoms with van der Waals surface area (Å²) in [6, 6.07) is 5.79. The molecule has 6 heteroatoms. The molecule has 24 heavy (non-hydrogen) atoms. The first-order chi connectivity index (χ1) is 11.2. The standard InChI is InChI=1S/C18H29N3O2.HI/c1-22-16-9-8-15(12-17(16)23-2)13-21-18(19)20-11-10-14-6-4-3-5-7-14;/h8-9,12,14H,3-7,10-11,13H2,1-2H3,(H3,19,20,21);1H. The molecule has 5 nitrogen and oxygen atoms in total. The lowest BCUT2D eigenvalue weighted by Crippen LogP contribution is -2.33. The molecular weight excluding hydrogens is 417 g/mol. The third-order valence-electron chi connectivity index (χ3n) is 4.46. The minimum Gasteiger partial charge on any atom is -0.493 e. The topological polar surface area (TPSA) is 68.9 Å². The van der Waals surface area contributed by atoms with Crippen LogP contribution < -0.4 is 20.5 Å². The summed E-state index contributed by atoms with van der Waals surface area (Å²) in [5.74, 6) is 2.80. The summed E-state index contributed by atoms with van der Waals surface area (Å²) in [6.07, 6.45) is 8.08. The van der Waals surface area contributed by atoms with Gasteiger partial charge in [-0.15, -0.1) is 24.0 Å². The smallest absolute Gasteiger partial charge is 0.188 e. The Morgan fingerprint density at radius 1 is 1.17 bits per heavy atom. The Kier molecular flexibility index (Phi) is 9.90. The number of rotatable bonds is 7. The highest BCUT2D eigenvalue weighted by Gasteiger charge is 2.12. The van der Waals surface area contributed by atoms with Gasteiger partial charge in [-0.2, -0.15) is 0 Å². The minimum atomic E-state index is 0. The normalized spacial score (nSPS) is 15.5. The van der Waals surface area contributed by atoms with E-state index in [4.69, 9.17) is 15.2 Å². The molecule has 1 aromatic rings. The molecule has 1 aromatic carbocycles. The van der Waals surface area contributed by atoms with E-state index in [1.807, 2.05) is 18.2 Å². The third-order valence-corrected chi connectivity index (χ3v) is 4.46. The van der Waals surface area contributed by atoms with E-state index in [0.29, 0.717) is 18.3 Å². The Labute approximate surface area is 162 Å². The highest BCUT2D eigenvalue weighted by atomic mass is 127. The first-order valence-electron chi connectivity index (χ1n) is 8.47. The fraction of sp³-hybridized carbons (Fsp3) is 0.611. The quantitative estimate of drug-likeness (QED) is 0.380. The minimum absolute atomic E-state index is 0. The number of hydrogen-bond acceptors (Lipinski definition) is 3. The van der Waals surface area contributed by atoms with Gasteiger partial charge < -0.3 is 20.5 Å². The molecule has 0 amide bonds. The van der Waals surface area contributed by atoms with Crippen LogP contribution in [0.25, 0.3) is 0 Å². The lowest BCUT2D eigenvalue weighted by Gasteiger charge is -2.21. The molecule has 0 heterocycles. The van der Waals surface area contributed by atoms with Crippen LogP contribution in [0, 0.1) is 5.92 Å². The van der Waals surface area contributed by atoms with Crippen molar-refractivity contribution in [2.24, 2.45) is 16.6 Å². The van der Waals surface area contributed by atoms with Gasteiger partial charge in [0.2, 0.25) is 0 Å². The van der Waals surface area contributed by atoms with Gasteiger partial charge in [-0.3, -0.25) is 0 Å². The fourth-order valence-electron chi connectivity index (χ4n) is 3.09. The van der Waals surface area contributed by atoms with Crippen molar-refractivity contribution < 1.29 is 9.47 Å². The maximum absolute atomic E-state index is 5.95. The zero-order chi connectivity index (χ0) is 16.5. The van der Waals surface area contributed by atoms with Gasteiger partial charge in [-0.25, -0.2) is 4.99 Å². The number of ether oxygens (including phenoxy) is 2. The first-order valence-corrected chi connectivity index (χ1v) is 8.47. The van der Waals surface area contributed by atoms with Crippen LogP contribution in [0.15, 0.2) is 23.2 Å². The molecule has 0 bridgehead atoms. The van der Waals surface area contributed by atoms with Gasteiger partial charge in [-0.1, -0.05) is 38.2 Å². The van der Waals surface area contributed by atoms with Crippen molar-refractivity contribution in [1.29, 1.82) is 0 Å². The van der Waals surface area contributed by atoms with E-state index in [1.165, 1.54) is 38.5 Å². The maximum atomic E-state index is 5.95. The molecule has 0 spiro atoms. The average molecular weight is 447 g/mol. The largest absolute Gasteiger partial charge is 0.493 e. The van der Waals surface area contributed by atoms with Gasteiger partial charge in [0.25, 0.3) is 0 Å². The zero-order valence-corrected chi connectivity index (χ0v) is 17.0. The van der Waals surface area contributed by atoms with Crippen molar-refractivity contribution in [3.05, 3.63) is 23.8 Å². The van der Waals surface area contributed by atoms with Crippen LogP contribution in [0.3, 0.4) is 0 Å². The second kappa shape index (κ2) is 11.4. The van der Waals surface area contributed by atoms with Gasteiger partial charge in [-0.05, 0) is 30.0 Å². The predicted molar refractivity (Wildman–Crippen MR) is 109 cm³/mol. The summed E-state index contributed by atoms with van der Waals surface area (Å²) in [7, 11) is 3.26. The number of nitrogens with two attached hydrogens (primary N) is 1. The summed E-state index contributed by atoms with van der Waals surface area (Å²) in [4.78, 5) is 4.39. The average Bonchev–Trinajstić information content (AvgIpc) is 2.60. The van der Waals surface area contributed by atoms with Crippen molar-refractivity contribution in [3.63, 3.8) is 0 Å². The summed E-state index contributed by atoms with van der Waals surface area (Å²) < 4.78 is 10.5. The van der Waals surface area contributed by atoms with Crippen molar-refractivity contribution >= 4 is 29.9 Å². The Morgan fingerprint density at radius 3 is 2.54 bits per heavy atom. The van der Waals surface area contributed by atoms with Crippen LogP contribution in [0.1, 0.15) is 44.1 Å². The van der Waals surface area contributed by atoms with E-state index in [0.717, 1.165) is 23.8 Å². The second-order valence-corrected chi connectivity index (χ2v) is 6.11. The van der Waals surface area contributed by atoms with Gasteiger partial charge in [0, 0.05) is 6.54 Å². The van der Waals surface area contributed by atoms with Crippen LogP contribution in [0.2, 0.25) is 0 Å². The Balaban J connectivity index is 0.00000288. The number of halogens is 1. The van der Waals surface area contributed by atoms with E-state index in [-0.39, 0.29) is 24.0 Å². The van der Waals surface area contributed by atoms with Crippen molar-refractivity contribution in [3.8, 4) is 11.5 Å². The molecule has 0 aromatic heterocycles. The van der Waals surface area contributed by atoms with Gasteiger partial charge in [0.15, 0.2) is 17.5 Å². The van der Waals surface area contributed by atoms with E-state index < -0.39 is 0 Å². The summed E-state index contributed by atoms with van der Waals surface area (Å²) in [5.41, 5.74) is 6.99. The molecule has 0 radical (unpaired) electrons. The highest BCUT2D eigenvalue weighted by Crippen LogP contribution is 2.28. The summed E-state index contributed by atoms with van der Waals surface area (Å²) in [5, 5.41) is 3.22. The molecule has 0 saturated heterocycles. The Morgan fingerprint density at radius 2 is 1.88 bits per heavy atom. The molecule has 0 aliphatic heterocycles. The van der Waals surface area contributed by atoms with Crippen LogP contribution >= 0.6 is 24.0 Å². The van der Waals surface area contributed by atoms with Crippen LogP contribution in [-0.2, 0) is 6.54 Å². The molecule has 1 fully saturated rings. The van der Waals surface area contributed by atoms with E-state index >= 15 is 0 Å². The number of nitrogens with one attached hydrogen (secondary N) is 1. The predicted octanol–water partition coefficient (Wildman–Crippen LogP) is 3.70. The van der Waals surface area contributed by atoms with Gasteiger partial charge in [0.1, 0.15) is 0 Å². The Hall–Kier alpha value is -1.18. The SMILES string of the molecule is COc1ccc(CN=C(N)NCCC2CCCCC2)cc1OC.I. The number of nitrogens with zero attached hydrogens (tertiary/aromatic N) is 1. The van der Waals surface area contributed by atoms with Crippen molar-refractivity contribution in [2.45, 2.75) is 45.1 Å². The monoisotopic (exact) mass is 447 g/mol. The highest BCUT2D eigenvalue weighted by molar-refractivity contribution is 14.0. The van der Waals surface area contributed by atoms with Crippen LogP contribution in [0.4, 0.5) is 0 Å². The van der Waals surface area contributed by atoms with E-state index in [2.05, 4.69) is 10.3 Å². The Bertz CT molecular complexity index is 517. The number of aliphatic imine (C=N–C) groups is 1. The molecule has 3 N–H and O–H groups in total. The molecule has 1 aliphatic carbocycles. The number of methoxy groups -OCH3 is 2. The molecule has 1 saturated carbocycles. The summed E-state index contributed by atoms with van der Waals surface area (Å²) >= 11 is 0. The zero-order valence-electron chi connectivity index (χ0n) is 14.7. The first kappa shape index (κ1) is 20.9. The third kappa shape index (κ3) is 6.75. The molecular formula is C18H30IN3O2. The molecule has 1 aliphatic rings. The summed E-state index contributed by atoms with van der Waals surface area (Å²) in [6.45, 7) is 1.44. The molecule has 2 rings (SSSR count). The van der Waals surface area contributed by atoms with Gasteiger partial charge in [0.05, 0.1) is 20.8 Å². The van der Waals surface area contributed by atoms with Gasteiger partial charge >= 0.3 is 0 Å². The number of hydrogen-bond donors (Lipinski definition) is 2. The van der Waals surface area contributed by atoms with Crippen LogP contribution in [-0.4, -0.2) is 26.7 Å². The fourth-order valence-corrected chi connectivity index (χ4v) is 3.09. The number of benzene rings is 1. The number of guanidine groups is 1.